The standard InChI is InChI=1S/C22H20N2O4/c1-22(17-8-4-2-5-9-17,18-10-6-3-7-11-18)23-21(25)16-28-20-14-12-19(13-15-20)24(26)27/h2-15H,16H2,1H3,(H,23,25). The number of hydrogen-bond donors (Lipinski definition) is 1. The fraction of sp³-hybridized carbons (Fsp3) is 0.136. The van der Waals surface area contributed by atoms with Gasteiger partial charge in [-0.05, 0) is 30.2 Å². The Hall–Kier alpha value is -3.67. The van der Waals surface area contributed by atoms with Crippen molar-refractivity contribution in [2.75, 3.05) is 6.61 Å². The van der Waals surface area contributed by atoms with Crippen LogP contribution in [0.3, 0.4) is 0 Å². The number of nitrogens with zero attached hydrogens (tertiary/aromatic N) is 1. The van der Waals surface area contributed by atoms with Crippen LogP contribution >= 0.6 is 0 Å². The van der Waals surface area contributed by atoms with E-state index in [0.29, 0.717) is 5.75 Å². The third kappa shape index (κ3) is 4.35. The van der Waals surface area contributed by atoms with Crippen molar-refractivity contribution in [2.24, 2.45) is 0 Å². The van der Waals surface area contributed by atoms with Gasteiger partial charge in [0.1, 0.15) is 5.75 Å². The average Bonchev–Trinajstić information content (AvgIpc) is 2.73. The predicted molar refractivity (Wildman–Crippen MR) is 106 cm³/mol. The fourth-order valence-corrected chi connectivity index (χ4v) is 2.98. The lowest BCUT2D eigenvalue weighted by atomic mass is 9.84. The molecule has 0 unspecified atom stereocenters. The van der Waals surface area contributed by atoms with E-state index in [-0.39, 0.29) is 18.2 Å². The van der Waals surface area contributed by atoms with Crippen molar-refractivity contribution in [1.29, 1.82) is 0 Å². The number of non-ortho nitro benzene ring substituents is 1. The minimum Gasteiger partial charge on any atom is -0.484 e. The van der Waals surface area contributed by atoms with E-state index in [9.17, 15) is 14.9 Å². The molecule has 3 aromatic carbocycles. The topological polar surface area (TPSA) is 81.5 Å². The zero-order valence-electron chi connectivity index (χ0n) is 15.4. The van der Waals surface area contributed by atoms with E-state index in [0.717, 1.165) is 11.1 Å². The summed E-state index contributed by atoms with van der Waals surface area (Å²) in [5, 5.41) is 13.8. The number of ether oxygens (including phenoxy) is 1. The lowest BCUT2D eigenvalue weighted by Gasteiger charge is -2.32. The molecule has 0 saturated carbocycles. The molecule has 1 N–H and O–H groups in total. The molecule has 0 bridgehead atoms. The Kier molecular flexibility index (Phi) is 5.69. The third-order valence-corrected chi connectivity index (χ3v) is 4.51. The molecule has 0 aliphatic carbocycles. The van der Waals surface area contributed by atoms with Gasteiger partial charge < -0.3 is 10.1 Å². The Morgan fingerprint density at radius 1 is 0.929 bits per heavy atom. The van der Waals surface area contributed by atoms with Crippen LogP contribution in [-0.4, -0.2) is 17.4 Å². The van der Waals surface area contributed by atoms with Gasteiger partial charge in [-0.15, -0.1) is 0 Å². The normalized spacial score (nSPS) is 10.9. The lowest BCUT2D eigenvalue weighted by molar-refractivity contribution is -0.384. The van der Waals surface area contributed by atoms with E-state index < -0.39 is 10.5 Å². The molecule has 0 aliphatic heterocycles. The SMILES string of the molecule is CC(NC(=O)COc1ccc([N+](=O)[O-])cc1)(c1ccccc1)c1ccccc1. The van der Waals surface area contributed by atoms with Gasteiger partial charge in [0.2, 0.25) is 0 Å². The minimum atomic E-state index is -0.724. The summed E-state index contributed by atoms with van der Waals surface area (Å²) in [6.45, 7) is 1.74. The van der Waals surface area contributed by atoms with Crippen LogP contribution in [0.5, 0.6) is 5.75 Å². The van der Waals surface area contributed by atoms with Crippen molar-refractivity contribution in [3.63, 3.8) is 0 Å². The quantitative estimate of drug-likeness (QED) is 0.498. The summed E-state index contributed by atoms with van der Waals surface area (Å²) in [5.41, 5.74) is 1.14. The zero-order valence-corrected chi connectivity index (χ0v) is 15.4. The van der Waals surface area contributed by atoms with E-state index in [1.165, 1.54) is 24.3 Å². The van der Waals surface area contributed by atoms with Gasteiger partial charge >= 0.3 is 0 Å². The summed E-state index contributed by atoms with van der Waals surface area (Å²) in [6.07, 6.45) is 0. The predicted octanol–water partition coefficient (Wildman–Crippen LogP) is 4.05. The first-order valence-electron chi connectivity index (χ1n) is 8.78. The number of nitrogens with one attached hydrogen (secondary N) is 1. The molecule has 0 aromatic heterocycles. The number of amides is 1. The Labute approximate surface area is 162 Å². The zero-order chi connectivity index (χ0) is 20.0. The van der Waals surface area contributed by atoms with Gasteiger partial charge in [0.25, 0.3) is 11.6 Å². The van der Waals surface area contributed by atoms with E-state index in [1.54, 1.807) is 0 Å². The molecule has 0 saturated heterocycles. The van der Waals surface area contributed by atoms with Gasteiger partial charge in [0.15, 0.2) is 6.61 Å². The molecule has 1 amide bonds. The largest absolute Gasteiger partial charge is 0.484 e. The van der Waals surface area contributed by atoms with E-state index in [1.807, 2.05) is 67.6 Å². The summed E-state index contributed by atoms with van der Waals surface area (Å²) in [4.78, 5) is 22.8. The number of carbonyl (C=O) groups is 1. The number of benzene rings is 3. The molecule has 3 rings (SSSR count). The van der Waals surface area contributed by atoms with Gasteiger partial charge in [0.05, 0.1) is 10.5 Å². The Morgan fingerprint density at radius 3 is 1.89 bits per heavy atom. The molecule has 0 aliphatic rings. The summed E-state index contributed by atoms with van der Waals surface area (Å²) in [5.74, 6) is 0.0930. The van der Waals surface area contributed by atoms with Crippen LogP contribution in [0.4, 0.5) is 5.69 Å². The highest BCUT2D eigenvalue weighted by atomic mass is 16.6. The second-order valence-corrected chi connectivity index (χ2v) is 6.44. The number of hydrogen-bond acceptors (Lipinski definition) is 4. The maximum Gasteiger partial charge on any atom is 0.269 e. The maximum absolute atomic E-state index is 12.6. The van der Waals surface area contributed by atoms with E-state index in [2.05, 4.69) is 5.32 Å². The number of carbonyl (C=O) groups excluding carboxylic acids is 1. The molecule has 0 radical (unpaired) electrons. The average molecular weight is 376 g/mol. The number of nitro benzene ring substituents is 1. The molecule has 3 aromatic rings. The third-order valence-electron chi connectivity index (χ3n) is 4.51. The lowest BCUT2D eigenvalue weighted by Crippen LogP contribution is -2.46. The Morgan fingerprint density at radius 2 is 1.43 bits per heavy atom. The van der Waals surface area contributed by atoms with Crippen molar-refractivity contribution in [1.82, 2.24) is 5.32 Å². The van der Waals surface area contributed by atoms with Crippen LogP contribution in [0, 0.1) is 10.1 Å². The van der Waals surface area contributed by atoms with Crippen LogP contribution < -0.4 is 10.1 Å². The monoisotopic (exact) mass is 376 g/mol. The highest BCUT2D eigenvalue weighted by Gasteiger charge is 2.30. The highest BCUT2D eigenvalue weighted by Crippen LogP contribution is 2.29. The van der Waals surface area contributed by atoms with Crippen molar-refractivity contribution in [3.05, 3.63) is 106 Å². The Balaban J connectivity index is 1.74. The molecule has 0 spiro atoms. The van der Waals surface area contributed by atoms with Crippen molar-refractivity contribution < 1.29 is 14.5 Å². The maximum atomic E-state index is 12.6. The van der Waals surface area contributed by atoms with E-state index >= 15 is 0 Å². The van der Waals surface area contributed by atoms with Gasteiger partial charge in [-0.3, -0.25) is 14.9 Å². The smallest absolute Gasteiger partial charge is 0.269 e. The molecule has 6 heteroatoms. The van der Waals surface area contributed by atoms with E-state index in [4.69, 9.17) is 4.74 Å². The van der Waals surface area contributed by atoms with Crippen LogP contribution in [0.1, 0.15) is 18.1 Å². The molecular formula is C22H20N2O4. The molecule has 6 nitrogen and oxygen atoms in total. The second kappa shape index (κ2) is 8.35. The van der Waals surface area contributed by atoms with Crippen LogP contribution in [0.15, 0.2) is 84.9 Å². The fourth-order valence-electron chi connectivity index (χ4n) is 2.98. The van der Waals surface area contributed by atoms with Crippen molar-refractivity contribution >= 4 is 11.6 Å². The number of nitro groups is 1. The Bertz CT molecular complexity index is 902. The first-order valence-corrected chi connectivity index (χ1v) is 8.78. The van der Waals surface area contributed by atoms with Gasteiger partial charge in [0, 0.05) is 12.1 Å². The second-order valence-electron chi connectivity index (χ2n) is 6.44. The molecule has 0 heterocycles. The first-order chi connectivity index (χ1) is 13.5. The first kappa shape index (κ1) is 19.1. The molecule has 0 atom stereocenters. The minimum absolute atomic E-state index is 0.0301. The molecule has 0 fully saturated rings. The van der Waals surface area contributed by atoms with Crippen LogP contribution in [0.2, 0.25) is 0 Å². The molecular weight excluding hydrogens is 356 g/mol. The summed E-state index contributed by atoms with van der Waals surface area (Å²) < 4.78 is 5.49. The summed E-state index contributed by atoms with van der Waals surface area (Å²) >= 11 is 0. The summed E-state index contributed by atoms with van der Waals surface area (Å²) in [7, 11) is 0. The highest BCUT2D eigenvalue weighted by molar-refractivity contribution is 5.79. The molecule has 142 valence electrons. The van der Waals surface area contributed by atoms with Crippen molar-refractivity contribution in [2.45, 2.75) is 12.5 Å². The summed E-state index contributed by atoms with van der Waals surface area (Å²) in [6, 6.07) is 25.0. The number of rotatable bonds is 7. The van der Waals surface area contributed by atoms with Gasteiger partial charge in [-0.25, -0.2) is 0 Å². The molecule has 28 heavy (non-hydrogen) atoms. The van der Waals surface area contributed by atoms with Crippen LogP contribution in [0.25, 0.3) is 0 Å². The van der Waals surface area contributed by atoms with Gasteiger partial charge in [-0.2, -0.15) is 0 Å². The van der Waals surface area contributed by atoms with Crippen molar-refractivity contribution in [3.8, 4) is 5.75 Å². The van der Waals surface area contributed by atoms with Crippen LogP contribution in [-0.2, 0) is 10.3 Å². The van der Waals surface area contributed by atoms with Gasteiger partial charge in [-0.1, -0.05) is 60.7 Å².